The first-order valence-corrected chi connectivity index (χ1v) is 8.61. The summed E-state index contributed by atoms with van der Waals surface area (Å²) >= 11 is 0. The molecule has 0 amide bonds. The summed E-state index contributed by atoms with van der Waals surface area (Å²) in [7, 11) is 3.12. The van der Waals surface area contributed by atoms with E-state index in [1.165, 1.54) is 12.1 Å². The number of ketones is 1. The van der Waals surface area contributed by atoms with E-state index >= 15 is 0 Å². The zero-order valence-electron chi connectivity index (χ0n) is 15.0. The predicted molar refractivity (Wildman–Crippen MR) is 101 cm³/mol. The highest BCUT2D eigenvalue weighted by molar-refractivity contribution is 6.07. The van der Waals surface area contributed by atoms with Crippen molar-refractivity contribution in [2.75, 3.05) is 32.2 Å². The van der Waals surface area contributed by atoms with Gasteiger partial charge < -0.3 is 14.4 Å². The Labute approximate surface area is 152 Å². The van der Waals surface area contributed by atoms with Crippen LogP contribution in [0, 0.1) is 5.82 Å². The van der Waals surface area contributed by atoms with E-state index < -0.39 is 0 Å². The Kier molecular flexibility index (Phi) is 5.56. The summed E-state index contributed by atoms with van der Waals surface area (Å²) in [5.74, 6) is 0.614. The third-order valence-electron chi connectivity index (χ3n) is 4.51. The van der Waals surface area contributed by atoms with Crippen molar-refractivity contribution in [1.82, 2.24) is 0 Å². The van der Waals surface area contributed by atoms with Gasteiger partial charge in [0.05, 0.1) is 19.9 Å². The molecule has 1 fully saturated rings. The summed E-state index contributed by atoms with van der Waals surface area (Å²) in [4.78, 5) is 14.4. The first-order valence-electron chi connectivity index (χ1n) is 8.61. The van der Waals surface area contributed by atoms with Gasteiger partial charge in [-0.05, 0) is 54.8 Å². The van der Waals surface area contributed by atoms with E-state index in [1.807, 2.05) is 11.0 Å². The number of anilines is 1. The summed E-state index contributed by atoms with van der Waals surface area (Å²) in [6.07, 6.45) is 5.27. The van der Waals surface area contributed by atoms with Crippen molar-refractivity contribution in [2.24, 2.45) is 0 Å². The number of hydrogen-bond acceptors (Lipinski definition) is 4. The van der Waals surface area contributed by atoms with Crippen LogP contribution < -0.4 is 14.4 Å². The fourth-order valence-electron chi connectivity index (χ4n) is 3.10. The lowest BCUT2D eigenvalue weighted by Crippen LogP contribution is -2.19. The molecule has 2 aromatic rings. The monoisotopic (exact) mass is 355 g/mol. The number of rotatable bonds is 6. The first kappa shape index (κ1) is 18.0. The molecule has 0 unspecified atom stereocenters. The van der Waals surface area contributed by atoms with Crippen molar-refractivity contribution in [3.05, 3.63) is 59.4 Å². The molecule has 1 heterocycles. The van der Waals surface area contributed by atoms with Crippen LogP contribution in [-0.2, 0) is 0 Å². The van der Waals surface area contributed by atoms with Gasteiger partial charge >= 0.3 is 0 Å². The van der Waals surface area contributed by atoms with E-state index in [0.29, 0.717) is 22.7 Å². The lowest BCUT2D eigenvalue weighted by Gasteiger charge is -2.18. The van der Waals surface area contributed by atoms with E-state index in [4.69, 9.17) is 9.47 Å². The van der Waals surface area contributed by atoms with Crippen LogP contribution in [0.1, 0.15) is 28.8 Å². The minimum Gasteiger partial charge on any atom is -0.493 e. The predicted octanol–water partition coefficient (Wildman–Crippen LogP) is 4.34. The number of benzene rings is 2. The summed E-state index contributed by atoms with van der Waals surface area (Å²) < 4.78 is 24.8. The van der Waals surface area contributed by atoms with Crippen LogP contribution in [0.15, 0.2) is 42.5 Å². The topological polar surface area (TPSA) is 38.8 Å². The number of halogens is 1. The fourth-order valence-corrected chi connectivity index (χ4v) is 3.10. The van der Waals surface area contributed by atoms with E-state index in [2.05, 4.69) is 0 Å². The molecule has 4 nitrogen and oxygen atoms in total. The van der Waals surface area contributed by atoms with Crippen molar-refractivity contribution >= 4 is 17.5 Å². The second-order valence-corrected chi connectivity index (χ2v) is 6.17. The Balaban J connectivity index is 1.75. The molecule has 2 aromatic carbocycles. The summed E-state index contributed by atoms with van der Waals surface area (Å²) in [6.45, 7) is 1.73. The molecule has 1 aliphatic heterocycles. The molecule has 0 aromatic heterocycles. The molecule has 0 saturated carbocycles. The summed E-state index contributed by atoms with van der Waals surface area (Å²) in [5.41, 5.74) is 1.70. The summed E-state index contributed by atoms with van der Waals surface area (Å²) in [5, 5.41) is 0. The molecule has 136 valence electrons. The van der Waals surface area contributed by atoms with Gasteiger partial charge in [0.25, 0.3) is 0 Å². The highest BCUT2D eigenvalue weighted by atomic mass is 19.1. The van der Waals surface area contributed by atoms with Gasteiger partial charge in [-0.1, -0.05) is 12.1 Å². The number of methoxy groups -OCH3 is 2. The smallest absolute Gasteiger partial charge is 0.185 e. The standard InChI is InChI=1S/C21H22FNO3/c1-25-20-10-6-15(13-21(20)26-2)5-9-19(24)16-7-8-18(17(22)14-16)23-11-3-4-12-23/h5-10,13-14H,3-4,11-12H2,1-2H3. The van der Waals surface area contributed by atoms with Gasteiger partial charge in [0.2, 0.25) is 0 Å². The minimum absolute atomic E-state index is 0.244. The van der Waals surface area contributed by atoms with Crippen LogP contribution in [0.4, 0.5) is 10.1 Å². The molecule has 5 heteroatoms. The first-order chi connectivity index (χ1) is 12.6. The van der Waals surface area contributed by atoms with Crippen LogP contribution in [0.3, 0.4) is 0 Å². The molecule has 1 saturated heterocycles. The van der Waals surface area contributed by atoms with Gasteiger partial charge in [0.1, 0.15) is 5.82 Å². The SMILES string of the molecule is COc1ccc(C=CC(=O)c2ccc(N3CCCC3)c(F)c2)cc1OC. The number of carbonyl (C=O) groups excluding carboxylic acids is 1. The van der Waals surface area contributed by atoms with Gasteiger partial charge in [-0.15, -0.1) is 0 Å². The average molecular weight is 355 g/mol. The molecule has 0 spiro atoms. The van der Waals surface area contributed by atoms with Gasteiger partial charge in [0.15, 0.2) is 17.3 Å². The molecule has 0 N–H and O–H groups in total. The Morgan fingerprint density at radius 1 is 1.04 bits per heavy atom. The Morgan fingerprint density at radius 2 is 1.77 bits per heavy atom. The maximum atomic E-state index is 14.4. The van der Waals surface area contributed by atoms with Crippen LogP contribution in [0.25, 0.3) is 6.08 Å². The molecule has 0 radical (unpaired) electrons. The Bertz CT molecular complexity index is 826. The second kappa shape index (κ2) is 8.04. The highest BCUT2D eigenvalue weighted by Gasteiger charge is 2.17. The van der Waals surface area contributed by atoms with Crippen molar-refractivity contribution in [1.29, 1.82) is 0 Å². The number of nitrogens with zero attached hydrogens (tertiary/aromatic N) is 1. The van der Waals surface area contributed by atoms with E-state index in [-0.39, 0.29) is 11.6 Å². The normalized spacial score (nSPS) is 14.0. The highest BCUT2D eigenvalue weighted by Crippen LogP contribution is 2.28. The lowest BCUT2D eigenvalue weighted by atomic mass is 10.1. The zero-order valence-corrected chi connectivity index (χ0v) is 15.0. The molecule has 3 rings (SSSR count). The maximum Gasteiger partial charge on any atom is 0.185 e. The molecule has 0 atom stereocenters. The van der Waals surface area contributed by atoms with E-state index in [0.717, 1.165) is 31.5 Å². The molecular formula is C21H22FNO3. The number of allylic oxidation sites excluding steroid dienone is 1. The van der Waals surface area contributed by atoms with Crippen molar-refractivity contribution in [3.8, 4) is 11.5 Å². The van der Waals surface area contributed by atoms with Gasteiger partial charge in [-0.25, -0.2) is 4.39 Å². The zero-order chi connectivity index (χ0) is 18.5. The lowest BCUT2D eigenvalue weighted by molar-refractivity contribution is 0.104. The summed E-state index contributed by atoms with van der Waals surface area (Å²) in [6, 6.07) is 10.1. The minimum atomic E-state index is -0.350. The molecule has 26 heavy (non-hydrogen) atoms. The van der Waals surface area contributed by atoms with Crippen LogP contribution >= 0.6 is 0 Å². The molecule has 0 bridgehead atoms. The van der Waals surface area contributed by atoms with Crippen LogP contribution in [-0.4, -0.2) is 33.1 Å². The third kappa shape index (κ3) is 3.87. The van der Waals surface area contributed by atoms with E-state index in [9.17, 15) is 9.18 Å². The van der Waals surface area contributed by atoms with Crippen molar-refractivity contribution in [2.45, 2.75) is 12.8 Å². The maximum absolute atomic E-state index is 14.4. The largest absolute Gasteiger partial charge is 0.493 e. The third-order valence-corrected chi connectivity index (χ3v) is 4.51. The van der Waals surface area contributed by atoms with Crippen molar-refractivity contribution in [3.63, 3.8) is 0 Å². The quantitative estimate of drug-likeness (QED) is 0.571. The van der Waals surface area contributed by atoms with Crippen LogP contribution in [0.5, 0.6) is 11.5 Å². The van der Waals surface area contributed by atoms with Gasteiger partial charge in [-0.3, -0.25) is 4.79 Å². The van der Waals surface area contributed by atoms with E-state index in [1.54, 1.807) is 44.6 Å². The Morgan fingerprint density at radius 3 is 2.42 bits per heavy atom. The van der Waals surface area contributed by atoms with Gasteiger partial charge in [0, 0.05) is 18.7 Å². The molecule has 1 aliphatic rings. The van der Waals surface area contributed by atoms with Gasteiger partial charge in [-0.2, -0.15) is 0 Å². The fraction of sp³-hybridized carbons (Fsp3) is 0.286. The van der Waals surface area contributed by atoms with Crippen molar-refractivity contribution < 1.29 is 18.7 Å². The number of hydrogen-bond donors (Lipinski definition) is 0. The number of ether oxygens (including phenoxy) is 2. The molecular weight excluding hydrogens is 333 g/mol. The Hall–Kier alpha value is -2.82. The molecule has 0 aliphatic carbocycles. The second-order valence-electron chi connectivity index (χ2n) is 6.17. The average Bonchev–Trinajstić information content (AvgIpc) is 3.20. The van der Waals surface area contributed by atoms with Crippen LogP contribution in [0.2, 0.25) is 0 Å². The number of carbonyl (C=O) groups is 1.